The standard InChI is InChI=1S/C12H24N2O/c1-9(11-7-5-4-6-8-11)14-10(2)12(15)13-3/h9-11,14H,4-8H2,1-3H3,(H,13,15)/t9?,10-/m1/s1. The summed E-state index contributed by atoms with van der Waals surface area (Å²) in [6.07, 6.45) is 6.72. The van der Waals surface area contributed by atoms with Crippen molar-refractivity contribution in [2.24, 2.45) is 5.92 Å². The molecule has 0 saturated heterocycles. The van der Waals surface area contributed by atoms with Crippen molar-refractivity contribution in [1.29, 1.82) is 0 Å². The van der Waals surface area contributed by atoms with E-state index in [9.17, 15) is 4.79 Å². The van der Waals surface area contributed by atoms with Crippen molar-refractivity contribution in [3.05, 3.63) is 0 Å². The van der Waals surface area contributed by atoms with E-state index in [-0.39, 0.29) is 11.9 Å². The first-order chi connectivity index (χ1) is 7.15. The summed E-state index contributed by atoms with van der Waals surface area (Å²) in [7, 11) is 1.69. The van der Waals surface area contributed by atoms with Gasteiger partial charge in [-0.05, 0) is 32.6 Å². The van der Waals surface area contributed by atoms with Gasteiger partial charge in [0.1, 0.15) is 0 Å². The van der Waals surface area contributed by atoms with Gasteiger partial charge < -0.3 is 10.6 Å². The summed E-state index contributed by atoms with van der Waals surface area (Å²) in [5, 5.41) is 6.06. The van der Waals surface area contributed by atoms with Crippen LogP contribution in [0, 0.1) is 5.92 Å². The van der Waals surface area contributed by atoms with E-state index in [1.165, 1.54) is 32.1 Å². The second kappa shape index (κ2) is 6.11. The topological polar surface area (TPSA) is 41.1 Å². The fourth-order valence-electron chi connectivity index (χ4n) is 2.46. The predicted octanol–water partition coefficient (Wildman–Crippen LogP) is 1.68. The minimum Gasteiger partial charge on any atom is -0.358 e. The van der Waals surface area contributed by atoms with Crippen molar-refractivity contribution in [2.75, 3.05) is 7.05 Å². The van der Waals surface area contributed by atoms with E-state index in [0.717, 1.165) is 5.92 Å². The van der Waals surface area contributed by atoms with Crippen LogP contribution >= 0.6 is 0 Å². The molecule has 2 atom stereocenters. The fourth-order valence-corrected chi connectivity index (χ4v) is 2.46. The van der Waals surface area contributed by atoms with Crippen molar-refractivity contribution in [3.63, 3.8) is 0 Å². The third-order valence-electron chi connectivity index (χ3n) is 3.51. The van der Waals surface area contributed by atoms with Gasteiger partial charge in [0.2, 0.25) is 5.91 Å². The lowest BCUT2D eigenvalue weighted by Crippen LogP contribution is -2.47. The number of hydrogen-bond acceptors (Lipinski definition) is 2. The number of rotatable bonds is 4. The van der Waals surface area contributed by atoms with Crippen LogP contribution in [0.5, 0.6) is 0 Å². The third kappa shape index (κ3) is 3.82. The van der Waals surface area contributed by atoms with Gasteiger partial charge in [0.05, 0.1) is 6.04 Å². The van der Waals surface area contributed by atoms with Crippen molar-refractivity contribution < 1.29 is 4.79 Å². The average molecular weight is 212 g/mol. The summed E-state index contributed by atoms with van der Waals surface area (Å²) < 4.78 is 0. The zero-order valence-corrected chi connectivity index (χ0v) is 10.2. The van der Waals surface area contributed by atoms with Crippen LogP contribution < -0.4 is 10.6 Å². The van der Waals surface area contributed by atoms with Gasteiger partial charge in [-0.1, -0.05) is 19.3 Å². The normalized spacial score (nSPS) is 22.1. The Balaban J connectivity index is 2.33. The number of carbonyl (C=O) groups excluding carboxylic acids is 1. The largest absolute Gasteiger partial charge is 0.358 e. The molecule has 0 aromatic carbocycles. The maximum atomic E-state index is 11.4. The second-order valence-corrected chi connectivity index (χ2v) is 4.69. The zero-order chi connectivity index (χ0) is 11.3. The molecule has 1 rings (SSSR count). The van der Waals surface area contributed by atoms with Crippen molar-refractivity contribution in [3.8, 4) is 0 Å². The van der Waals surface area contributed by atoms with Gasteiger partial charge in [-0.3, -0.25) is 4.79 Å². The quantitative estimate of drug-likeness (QED) is 0.744. The van der Waals surface area contributed by atoms with Crippen molar-refractivity contribution in [2.45, 2.75) is 58.0 Å². The molecule has 3 nitrogen and oxygen atoms in total. The number of amides is 1. The molecule has 0 aromatic heterocycles. The Kier molecular flexibility index (Phi) is 5.09. The molecular formula is C12H24N2O. The molecule has 1 aliphatic rings. The van der Waals surface area contributed by atoms with Crippen LogP contribution in [0.15, 0.2) is 0 Å². The molecule has 3 heteroatoms. The maximum absolute atomic E-state index is 11.4. The fraction of sp³-hybridized carbons (Fsp3) is 0.917. The summed E-state index contributed by atoms with van der Waals surface area (Å²) >= 11 is 0. The first-order valence-corrected chi connectivity index (χ1v) is 6.12. The molecule has 0 spiro atoms. The SMILES string of the molecule is CNC(=O)[C@@H](C)NC(C)C1CCCCC1. The molecular weight excluding hydrogens is 188 g/mol. The van der Waals surface area contributed by atoms with Gasteiger partial charge in [-0.2, -0.15) is 0 Å². The van der Waals surface area contributed by atoms with Crippen LogP contribution in [0.2, 0.25) is 0 Å². The number of nitrogens with one attached hydrogen (secondary N) is 2. The monoisotopic (exact) mass is 212 g/mol. The van der Waals surface area contributed by atoms with Gasteiger partial charge >= 0.3 is 0 Å². The Bertz CT molecular complexity index is 200. The minimum absolute atomic E-state index is 0.0769. The van der Waals surface area contributed by atoms with Crippen LogP contribution in [-0.4, -0.2) is 25.0 Å². The Labute approximate surface area is 93.0 Å². The molecule has 2 N–H and O–H groups in total. The number of likely N-dealkylation sites (N-methyl/N-ethyl adjacent to an activating group) is 1. The smallest absolute Gasteiger partial charge is 0.236 e. The molecule has 0 heterocycles. The summed E-state index contributed by atoms with van der Waals surface area (Å²) in [6.45, 7) is 4.13. The summed E-state index contributed by atoms with van der Waals surface area (Å²) in [5.41, 5.74) is 0. The molecule has 0 bridgehead atoms. The molecule has 1 saturated carbocycles. The third-order valence-corrected chi connectivity index (χ3v) is 3.51. The Morgan fingerprint density at radius 1 is 1.20 bits per heavy atom. The Hall–Kier alpha value is -0.570. The first-order valence-electron chi connectivity index (χ1n) is 6.12. The minimum atomic E-state index is -0.0769. The van der Waals surface area contributed by atoms with Crippen LogP contribution in [0.1, 0.15) is 46.0 Å². The van der Waals surface area contributed by atoms with Crippen LogP contribution in [0.25, 0.3) is 0 Å². The van der Waals surface area contributed by atoms with Crippen LogP contribution in [-0.2, 0) is 4.79 Å². The molecule has 15 heavy (non-hydrogen) atoms. The molecule has 88 valence electrons. The highest BCUT2D eigenvalue weighted by molar-refractivity contribution is 5.80. The van der Waals surface area contributed by atoms with Gasteiger partial charge in [0.25, 0.3) is 0 Å². The van der Waals surface area contributed by atoms with Crippen LogP contribution in [0.3, 0.4) is 0 Å². The molecule has 0 aliphatic heterocycles. The van der Waals surface area contributed by atoms with Gasteiger partial charge in [0, 0.05) is 13.1 Å². The molecule has 1 fully saturated rings. The highest BCUT2D eigenvalue weighted by Gasteiger charge is 2.22. The molecule has 1 unspecified atom stereocenters. The maximum Gasteiger partial charge on any atom is 0.236 e. The average Bonchev–Trinajstić information content (AvgIpc) is 2.29. The second-order valence-electron chi connectivity index (χ2n) is 4.69. The Morgan fingerprint density at radius 2 is 1.80 bits per heavy atom. The van der Waals surface area contributed by atoms with Crippen molar-refractivity contribution in [1.82, 2.24) is 10.6 Å². The first kappa shape index (κ1) is 12.5. The lowest BCUT2D eigenvalue weighted by Gasteiger charge is -2.30. The van der Waals surface area contributed by atoms with Gasteiger partial charge in [0.15, 0.2) is 0 Å². The molecule has 0 radical (unpaired) electrons. The van der Waals surface area contributed by atoms with Crippen LogP contribution in [0.4, 0.5) is 0 Å². The van der Waals surface area contributed by atoms with Crippen molar-refractivity contribution >= 4 is 5.91 Å². The van der Waals surface area contributed by atoms with E-state index in [1.807, 2.05) is 6.92 Å². The lowest BCUT2D eigenvalue weighted by atomic mass is 9.84. The zero-order valence-electron chi connectivity index (χ0n) is 10.2. The molecule has 1 amide bonds. The van der Waals surface area contributed by atoms with E-state index in [1.54, 1.807) is 7.05 Å². The molecule has 1 aliphatic carbocycles. The predicted molar refractivity (Wildman–Crippen MR) is 62.7 cm³/mol. The van der Waals surface area contributed by atoms with E-state index in [0.29, 0.717) is 6.04 Å². The van der Waals surface area contributed by atoms with E-state index < -0.39 is 0 Å². The Morgan fingerprint density at radius 3 is 2.33 bits per heavy atom. The van der Waals surface area contributed by atoms with E-state index in [4.69, 9.17) is 0 Å². The summed E-state index contributed by atoms with van der Waals surface area (Å²) in [6, 6.07) is 0.379. The highest BCUT2D eigenvalue weighted by atomic mass is 16.2. The van der Waals surface area contributed by atoms with Gasteiger partial charge in [-0.25, -0.2) is 0 Å². The molecule has 0 aromatic rings. The van der Waals surface area contributed by atoms with E-state index in [2.05, 4.69) is 17.6 Å². The summed E-state index contributed by atoms with van der Waals surface area (Å²) in [4.78, 5) is 11.4. The highest BCUT2D eigenvalue weighted by Crippen LogP contribution is 2.26. The van der Waals surface area contributed by atoms with Gasteiger partial charge in [-0.15, -0.1) is 0 Å². The van der Waals surface area contributed by atoms with E-state index >= 15 is 0 Å². The lowest BCUT2D eigenvalue weighted by molar-refractivity contribution is -0.122. The summed E-state index contributed by atoms with van der Waals surface area (Å²) in [5.74, 6) is 0.837. The number of hydrogen-bond donors (Lipinski definition) is 2. The number of carbonyl (C=O) groups is 1.